The number of methoxy groups -OCH3 is 1. The molecule has 1 saturated heterocycles. The third-order valence-electron chi connectivity index (χ3n) is 3.91. The Morgan fingerprint density at radius 2 is 1.96 bits per heavy atom. The number of guanidine groups is 1. The SMILES string of the molecule is CN=C(NC)NCC(c1ccc(OC)cc1)N1CCOCC1.I. The Morgan fingerprint density at radius 1 is 1.30 bits per heavy atom. The maximum atomic E-state index is 5.47. The fourth-order valence-electron chi connectivity index (χ4n) is 2.65. The van der Waals surface area contributed by atoms with Crippen LogP contribution >= 0.6 is 24.0 Å². The summed E-state index contributed by atoms with van der Waals surface area (Å²) in [6.07, 6.45) is 0. The minimum absolute atomic E-state index is 0. The van der Waals surface area contributed by atoms with Gasteiger partial charge in [-0.1, -0.05) is 12.1 Å². The van der Waals surface area contributed by atoms with Crippen molar-refractivity contribution in [2.75, 3.05) is 54.1 Å². The lowest BCUT2D eigenvalue weighted by atomic mass is 10.0. The molecular weight excluding hydrogens is 407 g/mol. The highest BCUT2D eigenvalue weighted by molar-refractivity contribution is 14.0. The Morgan fingerprint density at radius 3 is 2.48 bits per heavy atom. The molecular formula is C16H27IN4O2. The summed E-state index contributed by atoms with van der Waals surface area (Å²) in [4.78, 5) is 6.62. The molecule has 1 fully saturated rings. The van der Waals surface area contributed by atoms with Gasteiger partial charge in [0.1, 0.15) is 5.75 Å². The van der Waals surface area contributed by atoms with Crippen molar-refractivity contribution in [1.29, 1.82) is 0 Å². The minimum atomic E-state index is 0. The first-order valence-electron chi connectivity index (χ1n) is 7.62. The van der Waals surface area contributed by atoms with E-state index in [2.05, 4.69) is 32.7 Å². The van der Waals surface area contributed by atoms with Crippen LogP contribution < -0.4 is 15.4 Å². The summed E-state index contributed by atoms with van der Waals surface area (Å²) < 4.78 is 10.7. The van der Waals surface area contributed by atoms with E-state index in [1.807, 2.05) is 19.2 Å². The number of ether oxygens (including phenoxy) is 2. The Hall–Kier alpha value is -1.06. The molecule has 1 aliphatic heterocycles. The summed E-state index contributed by atoms with van der Waals surface area (Å²) in [6, 6.07) is 8.55. The first kappa shape index (κ1) is 20.0. The molecule has 1 unspecified atom stereocenters. The number of hydrogen-bond acceptors (Lipinski definition) is 4. The molecule has 0 spiro atoms. The average Bonchev–Trinajstić information content (AvgIpc) is 2.60. The fraction of sp³-hybridized carbons (Fsp3) is 0.562. The predicted molar refractivity (Wildman–Crippen MR) is 104 cm³/mol. The van der Waals surface area contributed by atoms with Crippen LogP contribution in [0.15, 0.2) is 29.3 Å². The number of hydrogen-bond donors (Lipinski definition) is 2. The zero-order chi connectivity index (χ0) is 15.8. The lowest BCUT2D eigenvalue weighted by molar-refractivity contribution is 0.0170. The lowest BCUT2D eigenvalue weighted by Gasteiger charge is -2.35. The van der Waals surface area contributed by atoms with Crippen LogP contribution in [0, 0.1) is 0 Å². The van der Waals surface area contributed by atoms with Crippen LogP contribution in [0.1, 0.15) is 11.6 Å². The van der Waals surface area contributed by atoms with E-state index in [0.29, 0.717) is 0 Å². The number of rotatable bonds is 5. The van der Waals surface area contributed by atoms with E-state index < -0.39 is 0 Å². The van der Waals surface area contributed by atoms with Gasteiger partial charge in [0.25, 0.3) is 0 Å². The van der Waals surface area contributed by atoms with Crippen molar-refractivity contribution in [3.63, 3.8) is 0 Å². The summed E-state index contributed by atoms with van der Waals surface area (Å²) in [5, 5.41) is 6.42. The van der Waals surface area contributed by atoms with E-state index in [1.165, 1.54) is 5.56 Å². The van der Waals surface area contributed by atoms with Gasteiger partial charge in [-0.3, -0.25) is 9.89 Å². The van der Waals surface area contributed by atoms with Gasteiger partial charge in [-0.15, -0.1) is 24.0 Å². The van der Waals surface area contributed by atoms with E-state index in [4.69, 9.17) is 9.47 Å². The number of aliphatic imine (C=N–C) groups is 1. The molecule has 0 bridgehead atoms. The van der Waals surface area contributed by atoms with Crippen molar-refractivity contribution >= 4 is 29.9 Å². The molecule has 0 saturated carbocycles. The summed E-state index contributed by atoms with van der Waals surface area (Å²) in [6.45, 7) is 4.24. The van der Waals surface area contributed by atoms with Crippen molar-refractivity contribution < 1.29 is 9.47 Å². The topological polar surface area (TPSA) is 58.1 Å². The first-order valence-corrected chi connectivity index (χ1v) is 7.62. The molecule has 2 N–H and O–H groups in total. The molecule has 2 rings (SSSR count). The molecule has 7 heteroatoms. The van der Waals surface area contributed by atoms with Gasteiger partial charge < -0.3 is 20.1 Å². The van der Waals surface area contributed by atoms with Crippen molar-refractivity contribution in [1.82, 2.24) is 15.5 Å². The van der Waals surface area contributed by atoms with E-state index in [0.717, 1.165) is 44.6 Å². The van der Waals surface area contributed by atoms with Crippen LogP contribution in [0.3, 0.4) is 0 Å². The molecule has 1 heterocycles. The summed E-state index contributed by atoms with van der Waals surface area (Å²) >= 11 is 0. The largest absolute Gasteiger partial charge is 0.497 e. The Balaban J connectivity index is 0.00000264. The van der Waals surface area contributed by atoms with E-state index in [9.17, 15) is 0 Å². The number of halogens is 1. The highest BCUT2D eigenvalue weighted by atomic mass is 127. The molecule has 0 amide bonds. The van der Waals surface area contributed by atoms with Gasteiger partial charge in [0, 0.05) is 33.7 Å². The molecule has 1 aromatic rings. The quantitative estimate of drug-likeness (QED) is 0.418. The second-order valence-corrected chi connectivity index (χ2v) is 5.14. The lowest BCUT2D eigenvalue weighted by Crippen LogP contribution is -2.45. The zero-order valence-electron chi connectivity index (χ0n) is 14.0. The summed E-state index contributed by atoms with van der Waals surface area (Å²) in [5.41, 5.74) is 1.27. The van der Waals surface area contributed by atoms with Gasteiger partial charge in [-0.25, -0.2) is 0 Å². The maximum absolute atomic E-state index is 5.47. The van der Waals surface area contributed by atoms with Crippen molar-refractivity contribution in [3.8, 4) is 5.75 Å². The Kier molecular flexibility index (Phi) is 9.27. The molecule has 0 radical (unpaired) electrons. The number of benzene rings is 1. The smallest absolute Gasteiger partial charge is 0.190 e. The molecule has 6 nitrogen and oxygen atoms in total. The Labute approximate surface area is 155 Å². The highest BCUT2D eigenvalue weighted by Crippen LogP contribution is 2.23. The molecule has 1 atom stereocenters. The van der Waals surface area contributed by atoms with Gasteiger partial charge in [0.2, 0.25) is 0 Å². The van der Waals surface area contributed by atoms with Gasteiger partial charge in [-0.2, -0.15) is 0 Å². The van der Waals surface area contributed by atoms with Crippen molar-refractivity contribution in [2.45, 2.75) is 6.04 Å². The van der Waals surface area contributed by atoms with Crippen LogP contribution in [0.5, 0.6) is 5.75 Å². The maximum Gasteiger partial charge on any atom is 0.190 e. The fourth-order valence-corrected chi connectivity index (χ4v) is 2.65. The molecule has 1 aromatic carbocycles. The summed E-state index contributed by atoms with van der Waals surface area (Å²) in [7, 11) is 5.33. The second kappa shape index (κ2) is 10.7. The molecule has 0 aromatic heterocycles. The van der Waals surface area contributed by atoms with E-state index in [-0.39, 0.29) is 30.0 Å². The molecule has 1 aliphatic rings. The number of nitrogens with zero attached hydrogens (tertiary/aromatic N) is 2. The van der Waals surface area contributed by atoms with E-state index in [1.54, 1.807) is 14.2 Å². The third-order valence-corrected chi connectivity index (χ3v) is 3.91. The molecule has 130 valence electrons. The van der Waals surface area contributed by atoms with Gasteiger partial charge in [0.05, 0.1) is 26.4 Å². The van der Waals surface area contributed by atoms with Crippen LogP contribution in [-0.2, 0) is 4.74 Å². The average molecular weight is 434 g/mol. The third kappa shape index (κ3) is 5.82. The monoisotopic (exact) mass is 434 g/mol. The van der Waals surface area contributed by atoms with Crippen molar-refractivity contribution in [2.24, 2.45) is 4.99 Å². The predicted octanol–water partition coefficient (Wildman–Crippen LogP) is 1.48. The van der Waals surface area contributed by atoms with Crippen LogP contribution in [0.2, 0.25) is 0 Å². The number of nitrogens with one attached hydrogen (secondary N) is 2. The second-order valence-electron chi connectivity index (χ2n) is 5.14. The van der Waals surface area contributed by atoms with E-state index >= 15 is 0 Å². The summed E-state index contributed by atoms with van der Waals surface area (Å²) in [5.74, 6) is 1.68. The van der Waals surface area contributed by atoms with Crippen molar-refractivity contribution in [3.05, 3.63) is 29.8 Å². The van der Waals surface area contributed by atoms with Crippen LogP contribution in [0.25, 0.3) is 0 Å². The normalized spacial score (nSPS) is 17.1. The van der Waals surface area contributed by atoms with Crippen LogP contribution in [0.4, 0.5) is 0 Å². The highest BCUT2D eigenvalue weighted by Gasteiger charge is 2.22. The minimum Gasteiger partial charge on any atom is -0.497 e. The Bertz CT molecular complexity index is 475. The number of morpholine rings is 1. The van der Waals surface area contributed by atoms with Crippen LogP contribution in [-0.4, -0.2) is 64.9 Å². The van der Waals surface area contributed by atoms with Gasteiger partial charge in [-0.05, 0) is 17.7 Å². The zero-order valence-corrected chi connectivity index (χ0v) is 16.4. The standard InChI is InChI=1S/C16H26N4O2.HI/c1-17-16(18-2)19-12-15(20-8-10-22-11-9-20)13-4-6-14(21-3)7-5-13;/h4-7,15H,8-12H2,1-3H3,(H2,17,18,19);1H. The first-order chi connectivity index (χ1) is 10.8. The van der Waals surface area contributed by atoms with Gasteiger partial charge >= 0.3 is 0 Å². The molecule has 0 aliphatic carbocycles. The molecule has 23 heavy (non-hydrogen) atoms. The van der Waals surface area contributed by atoms with Gasteiger partial charge in [0.15, 0.2) is 5.96 Å².